The molecule has 0 bridgehead atoms. The van der Waals surface area contributed by atoms with Crippen molar-refractivity contribution in [1.29, 1.82) is 0 Å². The van der Waals surface area contributed by atoms with Gasteiger partial charge in [0.1, 0.15) is 12.6 Å². The summed E-state index contributed by atoms with van der Waals surface area (Å²) in [6.45, 7) is -0.551. The first-order valence-electron chi connectivity index (χ1n) is 6.43. The first-order valence-corrected chi connectivity index (χ1v) is 6.43. The maximum atomic E-state index is 11.9. The van der Waals surface area contributed by atoms with Crippen molar-refractivity contribution in [1.82, 2.24) is 5.32 Å². The van der Waals surface area contributed by atoms with E-state index in [9.17, 15) is 19.8 Å². The number of rotatable bonds is 8. The van der Waals surface area contributed by atoms with Gasteiger partial charge in [-0.25, -0.2) is 0 Å². The third kappa shape index (κ3) is 5.06. The molecular formula is C13H16N4O5. The first kappa shape index (κ1) is 17.4. The lowest BCUT2D eigenvalue weighted by molar-refractivity contribution is -0.135. The number of amides is 1. The van der Waals surface area contributed by atoms with E-state index in [4.69, 9.17) is 10.6 Å². The van der Waals surface area contributed by atoms with Crippen LogP contribution in [0.25, 0.3) is 10.4 Å². The van der Waals surface area contributed by atoms with Gasteiger partial charge in [-0.05, 0) is 23.6 Å². The Morgan fingerprint density at radius 1 is 1.32 bits per heavy atom. The van der Waals surface area contributed by atoms with Crippen molar-refractivity contribution in [3.05, 3.63) is 45.8 Å². The highest BCUT2D eigenvalue weighted by molar-refractivity contribution is 5.97. The Morgan fingerprint density at radius 2 is 2.00 bits per heavy atom. The number of benzene rings is 1. The molecule has 2 atom stereocenters. The van der Waals surface area contributed by atoms with E-state index in [0.717, 1.165) is 0 Å². The Hall–Kier alpha value is -2.61. The maximum absolute atomic E-state index is 11.9. The molecular weight excluding hydrogens is 292 g/mol. The molecule has 0 aliphatic heterocycles. The third-order valence-electron chi connectivity index (χ3n) is 2.88. The van der Waals surface area contributed by atoms with E-state index in [1.165, 1.54) is 12.1 Å². The van der Waals surface area contributed by atoms with Crippen LogP contribution in [-0.4, -0.2) is 46.4 Å². The Labute approximate surface area is 125 Å². The number of carboxylic acid groups (broad SMARTS) is 1. The van der Waals surface area contributed by atoms with Gasteiger partial charge < -0.3 is 20.6 Å². The van der Waals surface area contributed by atoms with Gasteiger partial charge in [0.2, 0.25) is 0 Å². The van der Waals surface area contributed by atoms with Crippen LogP contribution >= 0.6 is 0 Å². The van der Waals surface area contributed by atoms with Crippen LogP contribution in [0.2, 0.25) is 0 Å². The summed E-state index contributed by atoms with van der Waals surface area (Å²) in [5.41, 5.74) is 8.40. The third-order valence-corrected chi connectivity index (χ3v) is 2.88. The zero-order valence-electron chi connectivity index (χ0n) is 11.6. The number of nitrogens with zero attached hydrogens (tertiary/aromatic N) is 3. The lowest BCUT2D eigenvalue weighted by atomic mass is 9.96. The number of hydrogen-bond acceptors (Lipinski definition) is 5. The van der Waals surface area contributed by atoms with Crippen LogP contribution in [0.1, 0.15) is 28.4 Å². The highest BCUT2D eigenvalue weighted by Crippen LogP contribution is 2.23. The van der Waals surface area contributed by atoms with E-state index in [2.05, 4.69) is 15.3 Å². The minimum atomic E-state index is -1.36. The summed E-state index contributed by atoms with van der Waals surface area (Å²) in [5.74, 6) is -1.86. The molecule has 22 heavy (non-hydrogen) atoms. The van der Waals surface area contributed by atoms with Crippen LogP contribution in [-0.2, 0) is 4.79 Å². The smallest absolute Gasteiger partial charge is 0.322 e. The van der Waals surface area contributed by atoms with Crippen molar-refractivity contribution in [2.24, 2.45) is 5.11 Å². The van der Waals surface area contributed by atoms with Gasteiger partial charge in [0.15, 0.2) is 0 Å². The summed E-state index contributed by atoms with van der Waals surface area (Å²) >= 11 is 0. The number of aliphatic hydroxyl groups excluding tert-OH is 2. The molecule has 9 heteroatoms. The Kier molecular flexibility index (Phi) is 6.84. The zero-order valence-corrected chi connectivity index (χ0v) is 11.6. The lowest BCUT2D eigenvalue weighted by Crippen LogP contribution is -2.31. The molecule has 0 saturated carbocycles. The summed E-state index contributed by atoms with van der Waals surface area (Å²) in [5, 5.41) is 34.0. The number of carboxylic acids is 1. The summed E-state index contributed by atoms with van der Waals surface area (Å²) in [6, 6.07) is 6.00. The average Bonchev–Trinajstić information content (AvgIpc) is 2.52. The molecule has 118 valence electrons. The lowest BCUT2D eigenvalue weighted by Gasteiger charge is -2.20. The summed E-state index contributed by atoms with van der Waals surface area (Å²) in [7, 11) is 0. The van der Waals surface area contributed by atoms with Crippen molar-refractivity contribution < 1.29 is 24.9 Å². The highest BCUT2D eigenvalue weighted by atomic mass is 16.4. The number of hydrogen-bond donors (Lipinski definition) is 4. The summed E-state index contributed by atoms with van der Waals surface area (Å²) in [6.07, 6.45) is -2.56. The predicted molar refractivity (Wildman–Crippen MR) is 76.0 cm³/mol. The molecule has 0 spiro atoms. The highest BCUT2D eigenvalue weighted by Gasteiger charge is 2.23. The topological polar surface area (TPSA) is 156 Å². The van der Waals surface area contributed by atoms with E-state index in [1.807, 2.05) is 0 Å². The van der Waals surface area contributed by atoms with E-state index in [0.29, 0.717) is 0 Å². The normalized spacial score (nSPS) is 12.8. The van der Waals surface area contributed by atoms with Gasteiger partial charge in [-0.1, -0.05) is 23.3 Å². The molecule has 1 rings (SSSR count). The molecule has 1 aromatic rings. The van der Waals surface area contributed by atoms with Crippen LogP contribution < -0.4 is 5.32 Å². The van der Waals surface area contributed by atoms with Gasteiger partial charge in [-0.2, -0.15) is 0 Å². The summed E-state index contributed by atoms with van der Waals surface area (Å²) in [4.78, 5) is 24.9. The average molecular weight is 308 g/mol. The van der Waals surface area contributed by atoms with Crippen LogP contribution in [0.4, 0.5) is 0 Å². The molecule has 0 radical (unpaired) electrons. The van der Waals surface area contributed by atoms with Crippen molar-refractivity contribution >= 4 is 11.9 Å². The molecule has 0 aromatic heterocycles. The number of carbonyl (C=O) groups excluding carboxylic acids is 1. The number of carbonyl (C=O) groups is 2. The monoisotopic (exact) mass is 308 g/mol. The second kappa shape index (κ2) is 8.63. The minimum absolute atomic E-state index is 0.00209. The van der Waals surface area contributed by atoms with E-state index >= 15 is 0 Å². The minimum Gasteiger partial charge on any atom is -0.480 e. The standard InChI is InChI=1S/C13H16N4O5/c14-17-16-6-5-10(18)12(21)8-3-1-2-4-9(8)13(22)15-7-11(19)20/h1-4,10,12,18,21H,5-7H2,(H,15,22)(H,19,20). The Balaban J connectivity index is 2.87. The quantitative estimate of drug-likeness (QED) is 0.314. The van der Waals surface area contributed by atoms with Gasteiger partial charge in [0, 0.05) is 17.0 Å². The molecule has 0 aliphatic rings. The van der Waals surface area contributed by atoms with Gasteiger partial charge in [-0.3, -0.25) is 9.59 Å². The second-order valence-corrected chi connectivity index (χ2v) is 4.42. The number of nitrogens with one attached hydrogen (secondary N) is 1. The van der Waals surface area contributed by atoms with Gasteiger partial charge in [0.05, 0.1) is 6.10 Å². The predicted octanol–water partition coefficient (Wildman–Crippen LogP) is 0.596. The van der Waals surface area contributed by atoms with Crippen molar-refractivity contribution in [2.45, 2.75) is 18.6 Å². The molecule has 0 saturated heterocycles. The number of aliphatic hydroxyl groups is 2. The van der Waals surface area contributed by atoms with E-state index < -0.39 is 30.6 Å². The first-order chi connectivity index (χ1) is 10.5. The summed E-state index contributed by atoms with van der Waals surface area (Å²) < 4.78 is 0. The van der Waals surface area contributed by atoms with E-state index in [1.54, 1.807) is 12.1 Å². The Morgan fingerprint density at radius 3 is 2.64 bits per heavy atom. The molecule has 0 fully saturated rings. The molecule has 9 nitrogen and oxygen atoms in total. The molecule has 0 heterocycles. The largest absolute Gasteiger partial charge is 0.480 e. The van der Waals surface area contributed by atoms with E-state index in [-0.39, 0.29) is 24.1 Å². The Bertz CT molecular complexity index is 586. The number of aliphatic carboxylic acids is 1. The van der Waals surface area contributed by atoms with Gasteiger partial charge in [-0.15, -0.1) is 0 Å². The molecule has 4 N–H and O–H groups in total. The fourth-order valence-corrected chi connectivity index (χ4v) is 1.81. The van der Waals surface area contributed by atoms with Gasteiger partial charge in [0.25, 0.3) is 5.91 Å². The van der Waals surface area contributed by atoms with Gasteiger partial charge >= 0.3 is 5.97 Å². The van der Waals surface area contributed by atoms with Crippen LogP contribution in [0, 0.1) is 0 Å². The van der Waals surface area contributed by atoms with Crippen LogP contribution in [0.5, 0.6) is 0 Å². The molecule has 2 unspecified atom stereocenters. The molecule has 1 aromatic carbocycles. The number of azide groups is 1. The molecule has 1 amide bonds. The fraction of sp³-hybridized carbons (Fsp3) is 0.385. The van der Waals surface area contributed by atoms with Crippen LogP contribution in [0.3, 0.4) is 0 Å². The molecule has 0 aliphatic carbocycles. The fourth-order valence-electron chi connectivity index (χ4n) is 1.81. The van der Waals surface area contributed by atoms with Crippen LogP contribution in [0.15, 0.2) is 29.4 Å². The van der Waals surface area contributed by atoms with Crippen molar-refractivity contribution in [3.8, 4) is 0 Å². The second-order valence-electron chi connectivity index (χ2n) is 4.42. The maximum Gasteiger partial charge on any atom is 0.322 e. The zero-order chi connectivity index (χ0) is 16.5. The van der Waals surface area contributed by atoms with Crippen molar-refractivity contribution in [2.75, 3.05) is 13.1 Å². The SMILES string of the molecule is [N-]=[N+]=NCCC(O)C(O)c1ccccc1C(=O)NCC(=O)O. The van der Waals surface area contributed by atoms with Crippen molar-refractivity contribution in [3.63, 3.8) is 0 Å².